The van der Waals surface area contributed by atoms with Crippen LogP contribution in [0.5, 0.6) is 0 Å². The molecule has 2 aromatic heterocycles. The van der Waals surface area contributed by atoms with Gasteiger partial charge >= 0.3 is 0 Å². The van der Waals surface area contributed by atoms with Crippen molar-refractivity contribution < 1.29 is 0 Å². The molecular formula is C15H20BrN3S. The third kappa shape index (κ3) is 5.71. The Morgan fingerprint density at radius 2 is 2.10 bits per heavy atom. The summed E-state index contributed by atoms with van der Waals surface area (Å²) in [5.41, 5.74) is 1.35. The van der Waals surface area contributed by atoms with Crippen LogP contribution >= 0.6 is 27.3 Å². The minimum atomic E-state index is 0.953. The van der Waals surface area contributed by atoms with E-state index in [4.69, 9.17) is 0 Å². The largest absolute Gasteiger partial charge is 0.311 e. The maximum Gasteiger partial charge on any atom is 0.0300 e. The van der Waals surface area contributed by atoms with Crippen molar-refractivity contribution in [2.24, 2.45) is 0 Å². The fourth-order valence-electron chi connectivity index (χ4n) is 1.91. The average Bonchev–Trinajstić information content (AvgIpc) is 2.88. The number of hydrogen-bond acceptors (Lipinski definition) is 4. The zero-order chi connectivity index (χ0) is 14.2. The number of thiophene rings is 1. The highest BCUT2D eigenvalue weighted by molar-refractivity contribution is 9.10. The smallest absolute Gasteiger partial charge is 0.0300 e. The molecule has 0 aromatic carbocycles. The Morgan fingerprint density at radius 1 is 1.30 bits per heavy atom. The van der Waals surface area contributed by atoms with Crippen molar-refractivity contribution in [3.8, 4) is 0 Å². The van der Waals surface area contributed by atoms with Gasteiger partial charge in [0.15, 0.2) is 0 Å². The number of rotatable bonds is 8. The van der Waals surface area contributed by atoms with Crippen LogP contribution in [-0.2, 0) is 13.0 Å². The molecule has 2 aromatic rings. The van der Waals surface area contributed by atoms with Crippen LogP contribution in [-0.4, -0.2) is 36.6 Å². The average molecular weight is 354 g/mol. The van der Waals surface area contributed by atoms with Crippen molar-refractivity contribution in [3.63, 3.8) is 0 Å². The van der Waals surface area contributed by atoms with Gasteiger partial charge in [-0.2, -0.15) is 0 Å². The first kappa shape index (κ1) is 15.6. The standard InChI is InChI=1S/C15H20BrN3S/c1-19(8-4-13-2-5-17-6-3-13)9-7-18-11-15-10-14(16)12-20-15/h2-3,5-6,10,12,18H,4,7-9,11H2,1H3. The van der Waals surface area contributed by atoms with E-state index in [0.717, 1.165) is 32.6 Å². The van der Waals surface area contributed by atoms with Gasteiger partial charge in [0.2, 0.25) is 0 Å². The lowest BCUT2D eigenvalue weighted by molar-refractivity contribution is 0.335. The predicted octanol–water partition coefficient (Wildman–Crippen LogP) is 3.17. The molecule has 0 aliphatic rings. The zero-order valence-electron chi connectivity index (χ0n) is 11.7. The van der Waals surface area contributed by atoms with Crippen LogP contribution in [0.1, 0.15) is 10.4 Å². The summed E-state index contributed by atoms with van der Waals surface area (Å²) in [6.45, 7) is 4.12. The van der Waals surface area contributed by atoms with Crippen LogP contribution < -0.4 is 5.32 Å². The van der Waals surface area contributed by atoms with Crippen LogP contribution in [0.15, 0.2) is 40.4 Å². The summed E-state index contributed by atoms with van der Waals surface area (Å²) >= 11 is 5.26. The van der Waals surface area contributed by atoms with Crippen molar-refractivity contribution in [1.29, 1.82) is 0 Å². The molecule has 0 amide bonds. The summed E-state index contributed by atoms with van der Waals surface area (Å²) in [6, 6.07) is 6.34. The second kappa shape index (κ2) is 8.52. The maximum absolute atomic E-state index is 4.04. The van der Waals surface area contributed by atoms with Gasteiger partial charge in [0.1, 0.15) is 0 Å². The molecule has 2 heterocycles. The highest BCUT2D eigenvalue weighted by Gasteiger charge is 2.00. The van der Waals surface area contributed by atoms with Gasteiger partial charge in [0.25, 0.3) is 0 Å². The second-order valence-electron chi connectivity index (χ2n) is 4.82. The molecule has 0 unspecified atom stereocenters. The van der Waals surface area contributed by atoms with Crippen LogP contribution in [0.25, 0.3) is 0 Å². The molecule has 0 saturated carbocycles. The monoisotopic (exact) mass is 353 g/mol. The Bertz CT molecular complexity index is 501. The molecule has 1 N–H and O–H groups in total. The molecule has 2 rings (SSSR count). The van der Waals surface area contributed by atoms with Crippen molar-refractivity contribution in [2.45, 2.75) is 13.0 Å². The summed E-state index contributed by atoms with van der Waals surface area (Å²) in [4.78, 5) is 7.77. The number of nitrogens with one attached hydrogen (secondary N) is 1. The van der Waals surface area contributed by atoms with Crippen molar-refractivity contribution in [2.75, 3.05) is 26.7 Å². The first-order valence-electron chi connectivity index (χ1n) is 6.75. The van der Waals surface area contributed by atoms with Gasteiger partial charge < -0.3 is 10.2 Å². The summed E-state index contributed by atoms with van der Waals surface area (Å²) in [5, 5.41) is 5.60. The summed E-state index contributed by atoms with van der Waals surface area (Å²) in [5.74, 6) is 0. The number of nitrogens with zero attached hydrogens (tertiary/aromatic N) is 2. The Morgan fingerprint density at radius 3 is 2.80 bits per heavy atom. The molecule has 0 aliphatic carbocycles. The second-order valence-corrected chi connectivity index (χ2v) is 6.73. The van der Waals surface area contributed by atoms with E-state index in [1.807, 2.05) is 12.4 Å². The topological polar surface area (TPSA) is 28.2 Å². The van der Waals surface area contributed by atoms with E-state index >= 15 is 0 Å². The summed E-state index contributed by atoms with van der Waals surface area (Å²) < 4.78 is 1.17. The number of pyridine rings is 1. The molecule has 0 spiro atoms. The predicted molar refractivity (Wildman–Crippen MR) is 89.2 cm³/mol. The Hall–Kier alpha value is -0.750. The highest BCUT2D eigenvalue weighted by atomic mass is 79.9. The van der Waals surface area contributed by atoms with E-state index in [0.29, 0.717) is 0 Å². The van der Waals surface area contributed by atoms with Crippen LogP contribution in [0.4, 0.5) is 0 Å². The van der Waals surface area contributed by atoms with Gasteiger partial charge in [-0.05, 0) is 53.2 Å². The first-order chi connectivity index (χ1) is 9.74. The van der Waals surface area contributed by atoms with Gasteiger partial charge in [-0.15, -0.1) is 11.3 Å². The lowest BCUT2D eigenvalue weighted by Gasteiger charge is -2.16. The van der Waals surface area contributed by atoms with Crippen LogP contribution in [0.2, 0.25) is 0 Å². The van der Waals surface area contributed by atoms with E-state index in [-0.39, 0.29) is 0 Å². The molecule has 5 heteroatoms. The zero-order valence-corrected chi connectivity index (χ0v) is 14.1. The SMILES string of the molecule is CN(CCNCc1cc(Br)cs1)CCc1ccncc1. The minimum Gasteiger partial charge on any atom is -0.311 e. The Balaban J connectivity index is 1.57. The maximum atomic E-state index is 4.04. The normalized spacial score (nSPS) is 11.2. The van der Waals surface area contributed by atoms with Gasteiger partial charge in [0.05, 0.1) is 0 Å². The van der Waals surface area contributed by atoms with Crippen molar-refractivity contribution >= 4 is 27.3 Å². The minimum absolute atomic E-state index is 0.953. The molecule has 0 atom stereocenters. The van der Waals surface area contributed by atoms with Gasteiger partial charge in [-0.3, -0.25) is 4.98 Å². The fourth-order valence-corrected chi connectivity index (χ4v) is 3.33. The van der Waals surface area contributed by atoms with Gasteiger partial charge in [0, 0.05) is 53.3 Å². The molecule has 0 radical (unpaired) electrons. The lowest BCUT2D eigenvalue weighted by atomic mass is 10.2. The number of likely N-dealkylation sites (N-methyl/N-ethyl adjacent to an activating group) is 1. The van der Waals surface area contributed by atoms with Crippen molar-refractivity contribution in [3.05, 3.63) is 50.9 Å². The van der Waals surface area contributed by atoms with E-state index < -0.39 is 0 Å². The third-order valence-corrected chi connectivity index (χ3v) is 4.82. The quantitative estimate of drug-likeness (QED) is 0.738. The summed E-state index contributed by atoms with van der Waals surface area (Å²) in [7, 11) is 2.17. The van der Waals surface area contributed by atoms with E-state index in [1.165, 1.54) is 14.9 Å². The Labute approximate surface area is 133 Å². The highest BCUT2D eigenvalue weighted by Crippen LogP contribution is 2.19. The molecule has 0 aliphatic heterocycles. The number of halogens is 1. The molecular weight excluding hydrogens is 334 g/mol. The fraction of sp³-hybridized carbons (Fsp3) is 0.400. The molecule has 20 heavy (non-hydrogen) atoms. The Kier molecular flexibility index (Phi) is 6.66. The molecule has 0 fully saturated rings. The molecule has 0 bridgehead atoms. The van der Waals surface area contributed by atoms with E-state index in [1.54, 1.807) is 11.3 Å². The molecule has 3 nitrogen and oxygen atoms in total. The van der Waals surface area contributed by atoms with Crippen LogP contribution in [0, 0.1) is 0 Å². The molecule has 0 saturated heterocycles. The summed E-state index contributed by atoms with van der Waals surface area (Å²) in [6.07, 6.45) is 4.79. The van der Waals surface area contributed by atoms with Crippen molar-refractivity contribution in [1.82, 2.24) is 15.2 Å². The number of aromatic nitrogens is 1. The first-order valence-corrected chi connectivity index (χ1v) is 8.42. The van der Waals surface area contributed by atoms with Gasteiger partial charge in [-0.25, -0.2) is 0 Å². The third-order valence-electron chi connectivity index (χ3n) is 3.12. The van der Waals surface area contributed by atoms with E-state index in [2.05, 4.69) is 61.8 Å². The molecule has 108 valence electrons. The van der Waals surface area contributed by atoms with E-state index in [9.17, 15) is 0 Å². The number of hydrogen-bond donors (Lipinski definition) is 1. The lowest BCUT2D eigenvalue weighted by Crippen LogP contribution is -2.30. The van der Waals surface area contributed by atoms with Gasteiger partial charge in [-0.1, -0.05) is 0 Å². The van der Waals surface area contributed by atoms with Crippen LogP contribution in [0.3, 0.4) is 0 Å².